The lowest BCUT2D eigenvalue weighted by molar-refractivity contribution is 0.0685. The van der Waals surface area contributed by atoms with Crippen LogP contribution in [0.25, 0.3) is 10.8 Å². The van der Waals surface area contributed by atoms with E-state index >= 15 is 0 Å². The van der Waals surface area contributed by atoms with Crippen molar-refractivity contribution < 1.29 is 19.8 Å². The molecule has 4 heteroatoms. The summed E-state index contributed by atoms with van der Waals surface area (Å²) in [6.07, 6.45) is 1.43. The number of aryl methyl sites for hydroxylation is 2. The van der Waals surface area contributed by atoms with Crippen molar-refractivity contribution in [3.05, 3.63) is 46.5 Å². The van der Waals surface area contributed by atoms with Gasteiger partial charge in [0.1, 0.15) is 0 Å². The molecule has 2 aromatic rings. The molecular weight excluding hydrogens is 232 g/mol. The van der Waals surface area contributed by atoms with Gasteiger partial charge in [0.15, 0.2) is 0 Å². The fraction of sp³-hybridized carbons (Fsp3) is 0.143. The monoisotopic (exact) mass is 242 g/mol. The molecule has 0 unspecified atom stereocenters. The van der Waals surface area contributed by atoms with E-state index in [1.54, 1.807) is 18.2 Å². The van der Waals surface area contributed by atoms with E-state index in [1.807, 2.05) is 0 Å². The summed E-state index contributed by atoms with van der Waals surface area (Å²) < 4.78 is 0. The van der Waals surface area contributed by atoms with E-state index < -0.39 is 11.9 Å². The van der Waals surface area contributed by atoms with E-state index in [0.717, 1.165) is 21.9 Å². The summed E-state index contributed by atoms with van der Waals surface area (Å²) >= 11 is 0. The molecule has 1 aliphatic carbocycles. The van der Waals surface area contributed by atoms with Crippen LogP contribution in [-0.4, -0.2) is 22.2 Å². The van der Waals surface area contributed by atoms with Crippen molar-refractivity contribution in [2.45, 2.75) is 12.8 Å². The molecule has 0 spiro atoms. The maximum atomic E-state index is 11.2. The molecule has 2 N–H and O–H groups in total. The van der Waals surface area contributed by atoms with Crippen LogP contribution in [-0.2, 0) is 12.8 Å². The minimum absolute atomic E-state index is 0.226. The Morgan fingerprint density at radius 2 is 1.78 bits per heavy atom. The van der Waals surface area contributed by atoms with Gasteiger partial charge in [-0.1, -0.05) is 12.1 Å². The highest BCUT2D eigenvalue weighted by molar-refractivity contribution is 6.02. The second kappa shape index (κ2) is 3.57. The standard InChI is InChI=1S/C14H10O4/c15-13(16)8-2-3-10-9(6-8)5-7-1-4-11(10)12(7)14(17)18/h2-3,5-6H,1,4H2,(H,15,16)(H,17,18). The Morgan fingerprint density at radius 1 is 1.00 bits per heavy atom. The lowest BCUT2D eigenvalue weighted by Crippen LogP contribution is -2.01. The fourth-order valence-corrected chi connectivity index (χ4v) is 2.66. The molecule has 0 heterocycles. The van der Waals surface area contributed by atoms with Crippen LogP contribution >= 0.6 is 0 Å². The first kappa shape index (κ1) is 10.8. The Labute approximate surface area is 102 Å². The molecule has 0 fully saturated rings. The Bertz CT molecular complexity index is 700. The molecule has 0 aromatic heterocycles. The summed E-state index contributed by atoms with van der Waals surface area (Å²) in [5, 5.41) is 19.8. The van der Waals surface area contributed by atoms with Gasteiger partial charge in [0.2, 0.25) is 0 Å². The van der Waals surface area contributed by atoms with Gasteiger partial charge in [-0.05, 0) is 46.9 Å². The number of fused-ring (bicyclic) bond motifs is 4. The topological polar surface area (TPSA) is 74.6 Å². The van der Waals surface area contributed by atoms with Gasteiger partial charge in [0, 0.05) is 0 Å². The van der Waals surface area contributed by atoms with Crippen molar-refractivity contribution in [3.8, 4) is 0 Å². The molecule has 18 heavy (non-hydrogen) atoms. The summed E-state index contributed by atoms with van der Waals surface area (Å²) in [5.41, 5.74) is 2.24. The number of hydrogen-bond donors (Lipinski definition) is 2. The second-order valence-corrected chi connectivity index (χ2v) is 4.44. The summed E-state index contributed by atoms with van der Waals surface area (Å²) in [6.45, 7) is 0. The van der Waals surface area contributed by atoms with E-state index in [1.165, 1.54) is 6.07 Å². The molecule has 0 saturated carbocycles. The van der Waals surface area contributed by atoms with Crippen LogP contribution in [0, 0.1) is 0 Å². The van der Waals surface area contributed by atoms with Crippen molar-refractivity contribution >= 4 is 22.7 Å². The number of carboxylic acid groups (broad SMARTS) is 2. The SMILES string of the molecule is O=C(O)c1ccc2c3c(C(=O)O)c(cc2c1)CC3. The first-order valence-electron chi connectivity index (χ1n) is 5.63. The van der Waals surface area contributed by atoms with Crippen molar-refractivity contribution in [2.24, 2.45) is 0 Å². The van der Waals surface area contributed by atoms with E-state index in [2.05, 4.69) is 0 Å². The quantitative estimate of drug-likeness (QED) is 0.847. The number of aromatic carboxylic acids is 2. The molecule has 90 valence electrons. The molecule has 3 rings (SSSR count). The lowest BCUT2D eigenvalue weighted by Gasteiger charge is -2.06. The largest absolute Gasteiger partial charge is 0.478 e. The third-order valence-corrected chi connectivity index (χ3v) is 3.43. The predicted octanol–water partition coefficient (Wildman–Crippen LogP) is 2.33. The first-order chi connectivity index (χ1) is 8.58. The highest BCUT2D eigenvalue weighted by Gasteiger charge is 2.24. The number of rotatable bonds is 2. The van der Waals surface area contributed by atoms with Gasteiger partial charge in [0.25, 0.3) is 0 Å². The molecule has 2 aromatic carbocycles. The zero-order valence-electron chi connectivity index (χ0n) is 9.43. The van der Waals surface area contributed by atoms with Gasteiger partial charge in [-0.2, -0.15) is 0 Å². The van der Waals surface area contributed by atoms with Gasteiger partial charge >= 0.3 is 11.9 Å². The average molecular weight is 242 g/mol. The van der Waals surface area contributed by atoms with E-state index in [-0.39, 0.29) is 5.56 Å². The third-order valence-electron chi connectivity index (χ3n) is 3.43. The van der Waals surface area contributed by atoms with Crippen LogP contribution in [0.4, 0.5) is 0 Å². The summed E-state index contributed by atoms with van der Waals surface area (Å²) in [7, 11) is 0. The molecule has 0 atom stereocenters. The minimum Gasteiger partial charge on any atom is -0.478 e. The predicted molar refractivity (Wildman–Crippen MR) is 65.3 cm³/mol. The Morgan fingerprint density at radius 3 is 2.44 bits per heavy atom. The maximum absolute atomic E-state index is 11.2. The van der Waals surface area contributed by atoms with Crippen LogP contribution in [0.5, 0.6) is 0 Å². The van der Waals surface area contributed by atoms with Crippen molar-refractivity contribution in [3.63, 3.8) is 0 Å². The Balaban J connectivity index is 2.34. The molecule has 0 aliphatic heterocycles. The summed E-state index contributed by atoms with van der Waals surface area (Å²) in [4.78, 5) is 22.1. The van der Waals surface area contributed by atoms with Crippen LogP contribution < -0.4 is 0 Å². The van der Waals surface area contributed by atoms with Crippen LogP contribution in [0.1, 0.15) is 31.8 Å². The van der Waals surface area contributed by atoms with Gasteiger partial charge in [-0.15, -0.1) is 0 Å². The van der Waals surface area contributed by atoms with Crippen LogP contribution in [0.2, 0.25) is 0 Å². The van der Waals surface area contributed by atoms with Gasteiger partial charge in [-0.25, -0.2) is 9.59 Å². The van der Waals surface area contributed by atoms with Crippen molar-refractivity contribution in [1.82, 2.24) is 0 Å². The maximum Gasteiger partial charge on any atom is 0.336 e. The highest BCUT2D eigenvalue weighted by atomic mass is 16.4. The number of hydrogen-bond acceptors (Lipinski definition) is 2. The molecule has 0 saturated heterocycles. The molecule has 4 nitrogen and oxygen atoms in total. The number of benzene rings is 2. The van der Waals surface area contributed by atoms with E-state index in [0.29, 0.717) is 18.4 Å². The molecule has 2 bridgehead atoms. The molecule has 0 radical (unpaired) electrons. The second-order valence-electron chi connectivity index (χ2n) is 4.44. The average Bonchev–Trinajstić information content (AvgIpc) is 2.65. The Hall–Kier alpha value is -2.36. The van der Waals surface area contributed by atoms with E-state index in [4.69, 9.17) is 5.11 Å². The normalized spacial score (nSPS) is 12.9. The van der Waals surface area contributed by atoms with Gasteiger partial charge in [0.05, 0.1) is 11.1 Å². The summed E-state index contributed by atoms with van der Waals surface area (Å²) in [6, 6.07) is 6.61. The van der Waals surface area contributed by atoms with Gasteiger partial charge in [-0.3, -0.25) is 0 Å². The molecular formula is C14H10O4. The number of carboxylic acids is 2. The zero-order valence-corrected chi connectivity index (χ0v) is 9.43. The molecule has 1 aliphatic rings. The molecule has 0 amide bonds. The lowest BCUT2D eigenvalue weighted by atomic mass is 9.98. The smallest absolute Gasteiger partial charge is 0.336 e. The van der Waals surface area contributed by atoms with Gasteiger partial charge < -0.3 is 10.2 Å². The van der Waals surface area contributed by atoms with Crippen LogP contribution in [0.15, 0.2) is 24.3 Å². The highest BCUT2D eigenvalue weighted by Crippen LogP contribution is 2.33. The van der Waals surface area contributed by atoms with Crippen molar-refractivity contribution in [1.29, 1.82) is 0 Å². The number of carbonyl (C=O) groups is 2. The third kappa shape index (κ3) is 1.39. The minimum atomic E-state index is -0.971. The van der Waals surface area contributed by atoms with E-state index in [9.17, 15) is 14.7 Å². The first-order valence-corrected chi connectivity index (χ1v) is 5.63. The van der Waals surface area contributed by atoms with Crippen molar-refractivity contribution in [2.75, 3.05) is 0 Å². The fourth-order valence-electron chi connectivity index (χ4n) is 2.66. The Kier molecular flexibility index (Phi) is 2.13. The summed E-state index contributed by atoms with van der Waals surface area (Å²) in [5.74, 6) is -1.87. The van der Waals surface area contributed by atoms with Crippen LogP contribution in [0.3, 0.4) is 0 Å². The zero-order chi connectivity index (χ0) is 12.9.